The zero-order valence-corrected chi connectivity index (χ0v) is 11.8. The van der Waals surface area contributed by atoms with Crippen molar-refractivity contribution >= 4 is 0 Å². The first-order chi connectivity index (χ1) is 8.65. The highest BCUT2D eigenvalue weighted by Gasteiger charge is 2.33. The van der Waals surface area contributed by atoms with Crippen molar-refractivity contribution in [1.82, 2.24) is 14.7 Å². The summed E-state index contributed by atoms with van der Waals surface area (Å²) < 4.78 is 2.13. The van der Waals surface area contributed by atoms with E-state index in [1.807, 2.05) is 6.20 Å². The Hall–Kier alpha value is -0.870. The van der Waals surface area contributed by atoms with Gasteiger partial charge < -0.3 is 5.73 Å². The first kappa shape index (κ1) is 13.6. The van der Waals surface area contributed by atoms with Crippen LogP contribution >= 0.6 is 0 Å². The molecular weight excluding hydrogens is 224 g/mol. The lowest BCUT2D eigenvalue weighted by atomic mass is 9.93. The van der Waals surface area contributed by atoms with Gasteiger partial charge in [-0.3, -0.25) is 9.58 Å². The highest BCUT2D eigenvalue weighted by atomic mass is 15.3. The molecule has 0 aromatic carbocycles. The summed E-state index contributed by atoms with van der Waals surface area (Å²) in [7, 11) is 0. The van der Waals surface area contributed by atoms with E-state index in [0.29, 0.717) is 12.1 Å². The summed E-state index contributed by atoms with van der Waals surface area (Å²) in [5.74, 6) is 0. The number of aryl methyl sites for hydroxylation is 1. The molecule has 2 N–H and O–H groups in total. The van der Waals surface area contributed by atoms with Crippen LogP contribution in [-0.2, 0) is 6.54 Å². The second-order valence-corrected chi connectivity index (χ2v) is 5.56. The maximum atomic E-state index is 6.38. The van der Waals surface area contributed by atoms with Gasteiger partial charge in [0.25, 0.3) is 0 Å². The van der Waals surface area contributed by atoms with Crippen molar-refractivity contribution in [2.45, 2.75) is 64.7 Å². The quantitative estimate of drug-likeness (QED) is 0.891. The average Bonchev–Trinajstić information content (AvgIpc) is 2.77. The number of likely N-dealkylation sites (tertiary alicyclic amines) is 1. The third kappa shape index (κ3) is 2.59. The molecule has 2 rings (SSSR count). The van der Waals surface area contributed by atoms with Gasteiger partial charge in [0.05, 0.1) is 11.7 Å². The van der Waals surface area contributed by atoms with E-state index in [9.17, 15) is 0 Å². The number of piperidine rings is 1. The second-order valence-electron chi connectivity index (χ2n) is 5.56. The third-order valence-corrected chi connectivity index (χ3v) is 3.87. The Morgan fingerprint density at radius 3 is 2.94 bits per heavy atom. The van der Waals surface area contributed by atoms with Crippen molar-refractivity contribution in [3.05, 3.63) is 18.0 Å². The molecule has 18 heavy (non-hydrogen) atoms. The zero-order valence-electron chi connectivity index (χ0n) is 11.8. The summed E-state index contributed by atoms with van der Waals surface area (Å²) >= 11 is 0. The van der Waals surface area contributed by atoms with Gasteiger partial charge in [-0.05, 0) is 45.7 Å². The summed E-state index contributed by atoms with van der Waals surface area (Å²) in [5.41, 5.74) is 7.67. The van der Waals surface area contributed by atoms with Gasteiger partial charge in [-0.1, -0.05) is 6.92 Å². The van der Waals surface area contributed by atoms with Crippen molar-refractivity contribution < 1.29 is 0 Å². The van der Waals surface area contributed by atoms with Crippen molar-refractivity contribution in [3.8, 4) is 0 Å². The molecule has 0 amide bonds. The molecule has 0 aliphatic carbocycles. The fraction of sp³-hybridized carbons (Fsp3) is 0.786. The van der Waals surface area contributed by atoms with Crippen LogP contribution < -0.4 is 5.73 Å². The molecule has 1 saturated heterocycles. The lowest BCUT2D eigenvalue weighted by Crippen LogP contribution is -2.49. The Kier molecular flexibility index (Phi) is 4.40. The lowest BCUT2D eigenvalue weighted by molar-refractivity contribution is 0.0885. The van der Waals surface area contributed by atoms with Gasteiger partial charge in [0, 0.05) is 24.8 Å². The topological polar surface area (TPSA) is 47.1 Å². The van der Waals surface area contributed by atoms with Crippen LogP contribution in [0.25, 0.3) is 0 Å². The predicted octanol–water partition coefficient (Wildman–Crippen LogP) is 2.17. The maximum Gasteiger partial charge on any atom is 0.0672 e. The minimum absolute atomic E-state index is 0.230. The molecule has 0 bridgehead atoms. The molecule has 1 fully saturated rings. The number of hydrogen-bond donors (Lipinski definition) is 1. The summed E-state index contributed by atoms with van der Waals surface area (Å²) in [6.07, 6.45) is 5.34. The van der Waals surface area contributed by atoms with Crippen LogP contribution in [-0.4, -0.2) is 33.3 Å². The van der Waals surface area contributed by atoms with Crippen LogP contribution in [0, 0.1) is 0 Å². The molecule has 1 aromatic rings. The average molecular weight is 250 g/mol. The number of rotatable bonds is 4. The van der Waals surface area contributed by atoms with Crippen LogP contribution in [0.2, 0.25) is 0 Å². The van der Waals surface area contributed by atoms with Crippen LogP contribution in [0.5, 0.6) is 0 Å². The van der Waals surface area contributed by atoms with E-state index in [-0.39, 0.29) is 6.04 Å². The molecule has 4 nitrogen and oxygen atoms in total. The fourth-order valence-electron chi connectivity index (χ4n) is 3.01. The summed E-state index contributed by atoms with van der Waals surface area (Å²) in [5, 5.41) is 4.44. The Bertz CT molecular complexity index is 372. The molecule has 2 atom stereocenters. The predicted molar refractivity (Wildman–Crippen MR) is 74.3 cm³/mol. The highest BCUT2D eigenvalue weighted by molar-refractivity contribution is 5.12. The molecule has 0 radical (unpaired) electrons. The van der Waals surface area contributed by atoms with Crippen LogP contribution in [0.3, 0.4) is 0 Å². The smallest absolute Gasteiger partial charge is 0.0672 e. The maximum absolute atomic E-state index is 6.38. The summed E-state index contributed by atoms with van der Waals surface area (Å²) in [6.45, 7) is 8.83. The van der Waals surface area contributed by atoms with Crippen molar-refractivity contribution in [2.75, 3.05) is 6.54 Å². The van der Waals surface area contributed by atoms with E-state index in [2.05, 4.69) is 41.5 Å². The first-order valence-corrected chi connectivity index (χ1v) is 7.18. The second kappa shape index (κ2) is 5.85. The molecule has 2 heterocycles. The molecule has 1 aliphatic rings. The zero-order chi connectivity index (χ0) is 13.1. The molecule has 0 spiro atoms. The van der Waals surface area contributed by atoms with E-state index >= 15 is 0 Å². The number of aromatic nitrogens is 2. The molecule has 0 saturated carbocycles. The fourth-order valence-corrected chi connectivity index (χ4v) is 3.01. The van der Waals surface area contributed by atoms with E-state index in [4.69, 9.17) is 5.73 Å². The molecule has 4 heteroatoms. The largest absolute Gasteiger partial charge is 0.326 e. The number of nitrogens with zero attached hydrogens (tertiary/aromatic N) is 3. The van der Waals surface area contributed by atoms with Crippen molar-refractivity contribution in [2.24, 2.45) is 5.73 Å². The van der Waals surface area contributed by atoms with Gasteiger partial charge in [-0.2, -0.15) is 5.10 Å². The van der Waals surface area contributed by atoms with Crippen molar-refractivity contribution in [1.29, 1.82) is 0 Å². The monoisotopic (exact) mass is 250 g/mol. The number of hydrogen-bond acceptors (Lipinski definition) is 3. The third-order valence-electron chi connectivity index (χ3n) is 3.87. The SMILES string of the molecule is CCCn1nccc1C1C(N)CCCN1C(C)C. The van der Waals surface area contributed by atoms with Gasteiger partial charge in [0.1, 0.15) is 0 Å². The first-order valence-electron chi connectivity index (χ1n) is 7.18. The minimum atomic E-state index is 0.230. The van der Waals surface area contributed by atoms with Crippen LogP contribution in [0.1, 0.15) is 51.8 Å². The van der Waals surface area contributed by atoms with E-state index in [0.717, 1.165) is 25.9 Å². The van der Waals surface area contributed by atoms with Gasteiger partial charge in [-0.15, -0.1) is 0 Å². The van der Waals surface area contributed by atoms with E-state index in [1.165, 1.54) is 12.1 Å². The van der Waals surface area contributed by atoms with Crippen molar-refractivity contribution in [3.63, 3.8) is 0 Å². The summed E-state index contributed by atoms with van der Waals surface area (Å²) in [6, 6.07) is 3.23. The Balaban J connectivity index is 2.28. The molecule has 102 valence electrons. The van der Waals surface area contributed by atoms with E-state index in [1.54, 1.807) is 0 Å². The Morgan fingerprint density at radius 1 is 1.50 bits per heavy atom. The standard InChI is InChI=1S/C14H26N4/c1-4-9-18-13(7-8-16-18)14-12(15)6-5-10-17(14)11(2)3/h7-8,11-12,14H,4-6,9-10,15H2,1-3H3. The van der Waals surface area contributed by atoms with E-state index < -0.39 is 0 Å². The Morgan fingerprint density at radius 2 is 2.28 bits per heavy atom. The molecule has 1 aromatic heterocycles. The normalized spacial score (nSPS) is 25.8. The Labute approximate surface area is 110 Å². The van der Waals surface area contributed by atoms with Gasteiger partial charge in [-0.25, -0.2) is 0 Å². The summed E-state index contributed by atoms with van der Waals surface area (Å²) in [4.78, 5) is 2.53. The lowest BCUT2D eigenvalue weighted by Gasteiger charge is -2.42. The minimum Gasteiger partial charge on any atom is -0.326 e. The molecule has 2 unspecified atom stereocenters. The highest BCUT2D eigenvalue weighted by Crippen LogP contribution is 2.31. The van der Waals surface area contributed by atoms with Gasteiger partial charge >= 0.3 is 0 Å². The van der Waals surface area contributed by atoms with Crippen LogP contribution in [0.4, 0.5) is 0 Å². The van der Waals surface area contributed by atoms with Gasteiger partial charge in [0.2, 0.25) is 0 Å². The molecule has 1 aliphatic heterocycles. The molecular formula is C14H26N4. The number of nitrogens with two attached hydrogens (primary N) is 1. The van der Waals surface area contributed by atoms with Gasteiger partial charge in [0.15, 0.2) is 0 Å². The van der Waals surface area contributed by atoms with Crippen LogP contribution in [0.15, 0.2) is 12.3 Å².